The van der Waals surface area contributed by atoms with E-state index in [1.807, 2.05) is 35.2 Å². The van der Waals surface area contributed by atoms with E-state index in [1.54, 1.807) is 11.3 Å². The third-order valence-corrected chi connectivity index (χ3v) is 6.56. The number of hydrogen-bond donors (Lipinski definition) is 1. The van der Waals surface area contributed by atoms with Gasteiger partial charge in [-0.2, -0.15) is 6.07 Å². The van der Waals surface area contributed by atoms with E-state index >= 15 is 0 Å². The van der Waals surface area contributed by atoms with Crippen LogP contribution in [0.25, 0.3) is 0 Å². The Hall–Kier alpha value is -0.546. The number of anilines is 1. The molecule has 0 saturated carbocycles. The van der Waals surface area contributed by atoms with Crippen molar-refractivity contribution in [1.29, 1.82) is 0 Å². The van der Waals surface area contributed by atoms with Crippen LogP contribution < -0.4 is 4.90 Å². The van der Waals surface area contributed by atoms with Crippen LogP contribution in [0.2, 0.25) is 0 Å². The molecule has 2 heterocycles. The first-order valence-electron chi connectivity index (χ1n) is 10.7. The summed E-state index contributed by atoms with van der Waals surface area (Å²) in [5.74, 6) is 0.224. The van der Waals surface area contributed by atoms with Crippen LogP contribution in [0.4, 0.5) is 5.69 Å². The second-order valence-corrected chi connectivity index (χ2v) is 8.79. The molecule has 155 valence electrons. The fourth-order valence-electron chi connectivity index (χ4n) is 4.08. The average molecular weight is 487 g/mol. The van der Waals surface area contributed by atoms with Gasteiger partial charge in [-0.25, -0.2) is 6.07 Å². The number of aliphatic hydroxyl groups excluding tert-OH is 1. The van der Waals surface area contributed by atoms with E-state index in [0.717, 1.165) is 49.8 Å². The van der Waals surface area contributed by atoms with E-state index in [-0.39, 0.29) is 38.6 Å². The Bertz CT molecular complexity index is 717. The van der Waals surface area contributed by atoms with E-state index in [9.17, 15) is 9.90 Å². The maximum Gasteiger partial charge on any atom is 0.227 e. The first kappa shape index (κ1) is 24.7. The SMILES string of the molecule is CCCCCC[C@@H](O)c1ccc(N2C(=O)CC[C@@H]2CCCc2cc[c-]s2)cc1.[Y]. The van der Waals surface area contributed by atoms with Gasteiger partial charge < -0.3 is 21.3 Å². The maximum atomic E-state index is 12.5. The molecule has 3 rings (SSSR count). The van der Waals surface area contributed by atoms with E-state index in [2.05, 4.69) is 18.4 Å². The van der Waals surface area contributed by atoms with Crippen molar-refractivity contribution < 1.29 is 42.6 Å². The molecule has 1 aromatic heterocycles. The van der Waals surface area contributed by atoms with Crippen LogP contribution in [0.1, 0.15) is 81.3 Å². The number of unbranched alkanes of at least 4 members (excludes halogenated alkanes) is 3. The summed E-state index contributed by atoms with van der Waals surface area (Å²) in [6.07, 6.45) is 9.86. The molecule has 2 atom stereocenters. The molecule has 0 unspecified atom stereocenters. The Morgan fingerprint density at radius 2 is 1.97 bits per heavy atom. The smallest absolute Gasteiger partial charge is 0.227 e. The van der Waals surface area contributed by atoms with Gasteiger partial charge in [0, 0.05) is 50.9 Å². The summed E-state index contributed by atoms with van der Waals surface area (Å²) in [5.41, 5.74) is 1.93. The number of benzene rings is 1. The van der Waals surface area contributed by atoms with Gasteiger partial charge in [0.2, 0.25) is 5.91 Å². The molecule has 3 nitrogen and oxygen atoms in total. The third kappa shape index (κ3) is 7.27. The Morgan fingerprint density at radius 1 is 1.17 bits per heavy atom. The molecule has 29 heavy (non-hydrogen) atoms. The summed E-state index contributed by atoms with van der Waals surface area (Å²) in [4.78, 5) is 15.8. The second-order valence-electron chi connectivity index (χ2n) is 7.82. The van der Waals surface area contributed by atoms with E-state index in [0.29, 0.717) is 12.5 Å². The van der Waals surface area contributed by atoms with Gasteiger partial charge in [0.25, 0.3) is 0 Å². The summed E-state index contributed by atoms with van der Waals surface area (Å²) >= 11 is 1.69. The van der Waals surface area contributed by atoms with Crippen LogP contribution in [-0.4, -0.2) is 17.1 Å². The molecule has 0 aliphatic carbocycles. The number of aliphatic hydroxyl groups is 1. The summed E-state index contributed by atoms with van der Waals surface area (Å²) in [6.45, 7) is 2.20. The molecule has 1 N–H and O–H groups in total. The molecule has 2 aromatic rings. The molecule has 0 spiro atoms. The first-order valence-corrected chi connectivity index (χ1v) is 11.6. The van der Waals surface area contributed by atoms with Crippen LogP contribution in [0.15, 0.2) is 36.4 Å². The van der Waals surface area contributed by atoms with Gasteiger partial charge in [0.1, 0.15) is 0 Å². The summed E-state index contributed by atoms with van der Waals surface area (Å²) in [6, 6.07) is 12.4. The van der Waals surface area contributed by atoms with Crippen LogP contribution in [0.5, 0.6) is 0 Å². The predicted octanol–water partition coefficient (Wildman–Crippen LogP) is 6.07. The minimum Gasteiger partial charge on any atom is -0.388 e. The van der Waals surface area contributed by atoms with Gasteiger partial charge >= 0.3 is 0 Å². The molecule has 5 heteroatoms. The van der Waals surface area contributed by atoms with Crippen molar-refractivity contribution in [2.75, 3.05) is 4.90 Å². The van der Waals surface area contributed by atoms with Crippen molar-refractivity contribution in [2.24, 2.45) is 0 Å². The number of carbonyl (C=O) groups is 1. The van der Waals surface area contributed by atoms with Gasteiger partial charge in [-0.15, -0.1) is 10.3 Å². The molecule has 1 fully saturated rings. The number of hydrogen-bond acceptors (Lipinski definition) is 3. The Labute approximate surface area is 204 Å². The molecule has 1 amide bonds. The summed E-state index contributed by atoms with van der Waals surface area (Å²) in [7, 11) is 0. The largest absolute Gasteiger partial charge is 0.388 e. The zero-order valence-corrected chi connectivity index (χ0v) is 21.1. The zero-order valence-electron chi connectivity index (χ0n) is 17.5. The van der Waals surface area contributed by atoms with Crippen molar-refractivity contribution >= 4 is 22.9 Å². The van der Waals surface area contributed by atoms with Gasteiger partial charge in [-0.3, -0.25) is 4.79 Å². The average Bonchev–Trinajstić information content (AvgIpc) is 3.35. The normalized spacial score (nSPS) is 17.4. The van der Waals surface area contributed by atoms with Gasteiger partial charge in [0.15, 0.2) is 0 Å². The van der Waals surface area contributed by atoms with E-state index < -0.39 is 6.10 Å². The maximum absolute atomic E-state index is 12.5. The number of thiophene rings is 1. The van der Waals surface area contributed by atoms with Gasteiger partial charge in [-0.05, 0) is 37.0 Å². The standard InChI is InChI=1S/C24H32NO2S.Y/c1-2-3-4-5-11-23(26)19-12-14-21(15-13-19)25-20(16-17-24(25)27)8-6-9-22-10-7-18-28-22;/h7,10,12-15,20,23,26H,2-6,8-9,11,16-17H2,1H3;/q-1;/t20-,23+;/m0./s1. The van der Waals surface area contributed by atoms with E-state index in [1.165, 1.54) is 24.1 Å². The predicted molar refractivity (Wildman–Crippen MR) is 117 cm³/mol. The molecule has 1 saturated heterocycles. The molecule has 1 aliphatic rings. The zero-order chi connectivity index (χ0) is 19.8. The van der Waals surface area contributed by atoms with Crippen molar-refractivity contribution in [3.05, 3.63) is 52.2 Å². The van der Waals surface area contributed by atoms with Gasteiger partial charge in [0.05, 0.1) is 6.10 Å². The molecule has 0 bridgehead atoms. The molecule has 1 aliphatic heterocycles. The van der Waals surface area contributed by atoms with Crippen LogP contribution in [0, 0.1) is 5.38 Å². The van der Waals surface area contributed by atoms with Crippen LogP contribution >= 0.6 is 11.3 Å². The number of carbonyl (C=O) groups excluding carboxylic acids is 1. The third-order valence-electron chi connectivity index (χ3n) is 5.70. The minimum absolute atomic E-state index is 0. The van der Waals surface area contributed by atoms with E-state index in [4.69, 9.17) is 0 Å². The summed E-state index contributed by atoms with van der Waals surface area (Å²) in [5, 5.41) is 13.5. The number of amides is 1. The second kappa shape index (κ2) is 13.0. The Balaban J connectivity index is 0.00000300. The molecule has 1 aromatic carbocycles. The fourth-order valence-corrected chi connectivity index (χ4v) is 4.75. The number of nitrogens with zero attached hydrogens (tertiary/aromatic N) is 1. The number of aryl methyl sites for hydroxylation is 1. The topological polar surface area (TPSA) is 40.5 Å². The molecule has 1 radical (unpaired) electrons. The van der Waals surface area contributed by atoms with Crippen molar-refractivity contribution in [3.8, 4) is 0 Å². The van der Waals surface area contributed by atoms with Gasteiger partial charge in [-0.1, -0.05) is 57.6 Å². The first-order chi connectivity index (χ1) is 13.7. The molecular formula is C24H32NO2SY-. The quantitative estimate of drug-likeness (QED) is 0.309. The number of rotatable bonds is 11. The van der Waals surface area contributed by atoms with Crippen LogP contribution in [0.3, 0.4) is 0 Å². The van der Waals surface area contributed by atoms with Crippen molar-refractivity contribution in [1.82, 2.24) is 0 Å². The van der Waals surface area contributed by atoms with Crippen molar-refractivity contribution in [3.63, 3.8) is 0 Å². The summed E-state index contributed by atoms with van der Waals surface area (Å²) < 4.78 is 0. The molecular weight excluding hydrogens is 455 g/mol. The minimum atomic E-state index is -0.404. The van der Waals surface area contributed by atoms with Crippen molar-refractivity contribution in [2.45, 2.75) is 83.3 Å². The fraction of sp³-hybridized carbons (Fsp3) is 0.542. The Kier molecular flexibility index (Phi) is 11.1. The monoisotopic (exact) mass is 487 g/mol. The van der Waals surface area contributed by atoms with Crippen LogP contribution in [-0.2, 0) is 43.9 Å². The Morgan fingerprint density at radius 3 is 2.66 bits per heavy atom.